The molecule has 0 fully saturated rings. The van der Waals surface area contributed by atoms with Crippen molar-refractivity contribution in [3.8, 4) is 0 Å². The molecule has 0 aromatic rings. The van der Waals surface area contributed by atoms with Gasteiger partial charge in [0.15, 0.2) is 0 Å². The molecular formula is C8H22Cl2O2Ti. The minimum Gasteiger partial charge on any atom is -0.396 e. The molecule has 0 heterocycles. The van der Waals surface area contributed by atoms with Gasteiger partial charge in [-0.15, -0.1) is 24.8 Å². The second-order valence-corrected chi connectivity index (χ2v) is 2.15. The zero-order valence-corrected chi connectivity index (χ0v) is 11.6. The molecule has 0 radical (unpaired) electrons. The largest absolute Gasteiger partial charge is 0.396 e. The molecule has 0 bridgehead atoms. The molecule has 0 aliphatic heterocycles. The normalized spacial score (nSPS) is 6.46. The van der Waals surface area contributed by atoms with Crippen LogP contribution in [0, 0.1) is 0 Å². The van der Waals surface area contributed by atoms with Gasteiger partial charge in [-0.1, -0.05) is 26.7 Å². The molecule has 0 aliphatic carbocycles. The summed E-state index contributed by atoms with van der Waals surface area (Å²) >= 11 is 0. The van der Waals surface area contributed by atoms with E-state index >= 15 is 0 Å². The Bertz CT molecular complexity index is 41.1. The van der Waals surface area contributed by atoms with Crippen molar-refractivity contribution >= 4 is 24.8 Å². The Morgan fingerprint density at radius 2 is 1.00 bits per heavy atom. The van der Waals surface area contributed by atoms with E-state index in [-0.39, 0.29) is 46.5 Å². The topological polar surface area (TPSA) is 40.5 Å². The molecule has 84 valence electrons. The van der Waals surface area contributed by atoms with Gasteiger partial charge < -0.3 is 10.2 Å². The van der Waals surface area contributed by atoms with Crippen molar-refractivity contribution in [3.05, 3.63) is 0 Å². The van der Waals surface area contributed by atoms with E-state index in [0.29, 0.717) is 13.2 Å². The quantitative estimate of drug-likeness (QED) is 0.769. The van der Waals surface area contributed by atoms with Crippen molar-refractivity contribution in [2.75, 3.05) is 13.2 Å². The molecule has 0 rings (SSSR count). The van der Waals surface area contributed by atoms with E-state index in [1.807, 2.05) is 0 Å². The fourth-order valence-corrected chi connectivity index (χ4v) is 0.316. The van der Waals surface area contributed by atoms with E-state index in [0.717, 1.165) is 25.7 Å². The molecule has 5 heteroatoms. The van der Waals surface area contributed by atoms with Gasteiger partial charge in [-0.25, -0.2) is 0 Å². The van der Waals surface area contributed by atoms with Crippen molar-refractivity contribution in [2.45, 2.75) is 39.5 Å². The Labute approximate surface area is 109 Å². The number of rotatable bonds is 4. The van der Waals surface area contributed by atoms with E-state index in [1.54, 1.807) is 0 Å². The van der Waals surface area contributed by atoms with Crippen LogP contribution in [0.25, 0.3) is 0 Å². The Kier molecular flexibility index (Phi) is 85.2. The summed E-state index contributed by atoms with van der Waals surface area (Å²) in [6.07, 6.45) is 4.08. The summed E-state index contributed by atoms with van der Waals surface area (Å²) in [5, 5.41) is 16.1. The van der Waals surface area contributed by atoms with Crippen molar-refractivity contribution in [1.29, 1.82) is 0 Å². The van der Waals surface area contributed by atoms with Gasteiger partial charge in [0.25, 0.3) is 0 Å². The van der Waals surface area contributed by atoms with Crippen LogP contribution in [0.1, 0.15) is 39.5 Å². The summed E-state index contributed by atoms with van der Waals surface area (Å²) in [6.45, 7) is 4.79. The zero-order chi connectivity index (χ0) is 8.24. The fourth-order valence-electron chi connectivity index (χ4n) is 0.316. The maximum Gasteiger partial charge on any atom is 0.0430 e. The molecule has 0 spiro atoms. The fraction of sp³-hybridized carbons (Fsp3) is 1.00. The van der Waals surface area contributed by atoms with Crippen LogP contribution in [0.5, 0.6) is 0 Å². The third-order valence-electron chi connectivity index (χ3n) is 1.02. The average molecular weight is 269 g/mol. The second-order valence-electron chi connectivity index (χ2n) is 2.15. The summed E-state index contributed by atoms with van der Waals surface area (Å²) in [4.78, 5) is 0. The molecule has 0 saturated carbocycles. The van der Waals surface area contributed by atoms with Gasteiger partial charge in [0.1, 0.15) is 0 Å². The smallest absolute Gasteiger partial charge is 0.0430 e. The average Bonchev–Trinajstić information content (AvgIpc) is 1.93. The maximum atomic E-state index is 8.07. The summed E-state index contributed by atoms with van der Waals surface area (Å²) < 4.78 is 0. The molecule has 2 N–H and O–H groups in total. The molecular weight excluding hydrogens is 247 g/mol. The second kappa shape index (κ2) is 37.9. The van der Waals surface area contributed by atoms with Crippen LogP contribution in [0.3, 0.4) is 0 Å². The molecule has 13 heavy (non-hydrogen) atoms. The number of aliphatic hydroxyl groups is 2. The summed E-state index contributed by atoms with van der Waals surface area (Å²) in [5.41, 5.74) is 0. The molecule has 0 aromatic carbocycles. The van der Waals surface area contributed by atoms with Gasteiger partial charge >= 0.3 is 0 Å². The van der Waals surface area contributed by atoms with Gasteiger partial charge in [0.2, 0.25) is 0 Å². The van der Waals surface area contributed by atoms with E-state index in [4.69, 9.17) is 10.2 Å². The number of aliphatic hydroxyl groups excluding tert-OH is 2. The van der Waals surface area contributed by atoms with Crippen LogP contribution >= 0.6 is 24.8 Å². The molecule has 2 nitrogen and oxygen atoms in total. The molecule has 0 saturated heterocycles. The Morgan fingerprint density at radius 3 is 1.00 bits per heavy atom. The Morgan fingerprint density at radius 1 is 0.769 bits per heavy atom. The summed E-state index contributed by atoms with van der Waals surface area (Å²) in [5.74, 6) is 0. The third kappa shape index (κ3) is 61.1. The molecule has 0 atom stereocenters. The predicted molar refractivity (Wildman–Crippen MR) is 58.5 cm³/mol. The SMILES string of the molecule is CCCCO.CCCCO.Cl.Cl.[Ti]. The van der Waals surface area contributed by atoms with Gasteiger partial charge in [-0.3, -0.25) is 0 Å². The third-order valence-corrected chi connectivity index (χ3v) is 1.02. The summed E-state index contributed by atoms with van der Waals surface area (Å²) in [6, 6.07) is 0. The van der Waals surface area contributed by atoms with Gasteiger partial charge in [0, 0.05) is 34.9 Å². The number of unbranched alkanes of at least 4 members (excludes halogenated alkanes) is 2. The maximum absolute atomic E-state index is 8.07. The van der Waals surface area contributed by atoms with Crippen molar-refractivity contribution in [3.63, 3.8) is 0 Å². The van der Waals surface area contributed by atoms with Crippen molar-refractivity contribution in [1.82, 2.24) is 0 Å². The van der Waals surface area contributed by atoms with Gasteiger partial charge in [0.05, 0.1) is 0 Å². The van der Waals surface area contributed by atoms with Crippen LogP contribution in [-0.2, 0) is 21.7 Å². The zero-order valence-electron chi connectivity index (χ0n) is 8.45. The van der Waals surface area contributed by atoms with E-state index in [9.17, 15) is 0 Å². The molecule has 0 amide bonds. The number of halogens is 2. The standard InChI is InChI=1S/2C4H10O.2ClH.Ti/c2*1-2-3-4-5;;;/h2*5H,2-4H2,1H3;2*1H;. The van der Waals surface area contributed by atoms with E-state index in [1.165, 1.54) is 0 Å². The minimum atomic E-state index is 0. The number of hydrogen-bond acceptors (Lipinski definition) is 2. The predicted octanol–water partition coefficient (Wildman–Crippen LogP) is 2.40. The first-order chi connectivity index (χ1) is 4.83. The van der Waals surface area contributed by atoms with Crippen LogP contribution in [0.2, 0.25) is 0 Å². The van der Waals surface area contributed by atoms with Gasteiger partial charge in [-0.2, -0.15) is 0 Å². The van der Waals surface area contributed by atoms with Crippen LogP contribution in [-0.4, -0.2) is 23.4 Å². The van der Waals surface area contributed by atoms with Gasteiger partial charge in [-0.05, 0) is 12.8 Å². The summed E-state index contributed by atoms with van der Waals surface area (Å²) in [7, 11) is 0. The molecule has 0 aliphatic rings. The first kappa shape index (κ1) is 29.2. The Balaban J connectivity index is -0.0000000267. The first-order valence-corrected chi connectivity index (χ1v) is 4.05. The molecule has 0 unspecified atom stereocenters. The van der Waals surface area contributed by atoms with Crippen LogP contribution < -0.4 is 0 Å². The van der Waals surface area contributed by atoms with Crippen LogP contribution in [0.4, 0.5) is 0 Å². The first-order valence-electron chi connectivity index (χ1n) is 4.05. The Hall–Kier alpha value is 1.21. The monoisotopic (exact) mass is 268 g/mol. The minimum absolute atomic E-state index is 0. The van der Waals surface area contributed by atoms with Crippen molar-refractivity contribution < 1.29 is 31.9 Å². The van der Waals surface area contributed by atoms with Crippen molar-refractivity contribution in [2.24, 2.45) is 0 Å². The van der Waals surface area contributed by atoms with Crippen LogP contribution in [0.15, 0.2) is 0 Å². The van der Waals surface area contributed by atoms with E-state index in [2.05, 4.69) is 13.8 Å². The van der Waals surface area contributed by atoms with E-state index < -0.39 is 0 Å². The molecule has 0 aromatic heterocycles. The number of hydrogen-bond donors (Lipinski definition) is 2.